The second kappa shape index (κ2) is 4.11. The summed E-state index contributed by atoms with van der Waals surface area (Å²) in [6, 6.07) is 0. The molecule has 0 saturated heterocycles. The number of nitrogens with zero attached hydrogens (tertiary/aromatic N) is 2. The lowest BCUT2D eigenvalue weighted by Gasteiger charge is -2.17. The SMILES string of the molecule is CCC(C)C(O)c1c(Cl)cnn1C. The Kier molecular flexibility index (Phi) is 3.33. The third kappa shape index (κ3) is 2.03. The molecule has 0 aromatic carbocycles. The number of aliphatic hydroxyl groups excluding tert-OH is 1. The van der Waals surface area contributed by atoms with Crippen molar-refractivity contribution in [2.75, 3.05) is 0 Å². The fourth-order valence-electron chi connectivity index (χ4n) is 1.25. The number of hydrogen-bond donors (Lipinski definition) is 1. The number of aliphatic hydroxyl groups is 1. The molecule has 1 aromatic heterocycles. The average molecular weight is 203 g/mol. The molecule has 0 saturated carbocycles. The Morgan fingerprint density at radius 2 is 2.31 bits per heavy atom. The van der Waals surface area contributed by atoms with E-state index in [9.17, 15) is 5.11 Å². The van der Waals surface area contributed by atoms with Gasteiger partial charge in [0.1, 0.15) is 0 Å². The Balaban J connectivity index is 2.93. The first kappa shape index (κ1) is 10.5. The van der Waals surface area contributed by atoms with Crippen molar-refractivity contribution in [2.24, 2.45) is 13.0 Å². The lowest BCUT2D eigenvalue weighted by molar-refractivity contribution is 0.107. The number of halogens is 1. The number of aryl methyl sites for hydroxylation is 1. The smallest absolute Gasteiger partial charge is 0.0996 e. The summed E-state index contributed by atoms with van der Waals surface area (Å²) in [5.74, 6) is 0.202. The van der Waals surface area contributed by atoms with Gasteiger partial charge >= 0.3 is 0 Å². The van der Waals surface area contributed by atoms with Crippen LogP contribution in [-0.4, -0.2) is 14.9 Å². The third-order valence-corrected chi connectivity index (χ3v) is 2.69. The van der Waals surface area contributed by atoms with E-state index in [1.807, 2.05) is 13.8 Å². The lowest BCUT2D eigenvalue weighted by atomic mass is 9.99. The molecule has 0 aliphatic rings. The Hall–Kier alpha value is -0.540. The standard InChI is InChI=1S/C9H15ClN2O/c1-4-6(2)9(13)8-7(10)5-11-12(8)3/h5-6,9,13H,4H2,1-3H3. The van der Waals surface area contributed by atoms with Gasteiger partial charge in [0.05, 0.1) is 23.0 Å². The van der Waals surface area contributed by atoms with Crippen LogP contribution >= 0.6 is 11.6 Å². The normalized spacial score (nSPS) is 15.8. The Morgan fingerprint density at radius 3 is 2.69 bits per heavy atom. The van der Waals surface area contributed by atoms with E-state index >= 15 is 0 Å². The lowest BCUT2D eigenvalue weighted by Crippen LogP contribution is -2.13. The van der Waals surface area contributed by atoms with Gasteiger partial charge in [-0.3, -0.25) is 4.68 Å². The summed E-state index contributed by atoms with van der Waals surface area (Å²) in [4.78, 5) is 0. The maximum absolute atomic E-state index is 9.89. The van der Waals surface area contributed by atoms with Gasteiger partial charge in [-0.15, -0.1) is 0 Å². The van der Waals surface area contributed by atoms with Gasteiger partial charge in [0, 0.05) is 7.05 Å². The van der Waals surface area contributed by atoms with Crippen LogP contribution in [0.2, 0.25) is 5.02 Å². The second-order valence-corrected chi connectivity index (χ2v) is 3.74. The van der Waals surface area contributed by atoms with Crippen LogP contribution in [0.5, 0.6) is 0 Å². The zero-order valence-corrected chi connectivity index (χ0v) is 8.91. The first-order valence-corrected chi connectivity index (χ1v) is 4.81. The molecule has 1 rings (SSSR count). The van der Waals surface area contributed by atoms with Crippen molar-refractivity contribution in [1.82, 2.24) is 9.78 Å². The molecule has 74 valence electrons. The highest BCUT2D eigenvalue weighted by molar-refractivity contribution is 6.31. The largest absolute Gasteiger partial charge is 0.386 e. The minimum absolute atomic E-state index is 0.202. The molecule has 0 amide bonds. The van der Waals surface area contributed by atoms with E-state index in [0.29, 0.717) is 10.7 Å². The Bertz CT molecular complexity index is 266. The maximum atomic E-state index is 9.89. The molecule has 1 N–H and O–H groups in total. The summed E-state index contributed by atoms with van der Waals surface area (Å²) >= 11 is 5.90. The Morgan fingerprint density at radius 1 is 1.69 bits per heavy atom. The van der Waals surface area contributed by atoms with Gasteiger partial charge in [-0.25, -0.2) is 0 Å². The molecule has 2 atom stereocenters. The molecular weight excluding hydrogens is 188 g/mol. The minimum Gasteiger partial charge on any atom is -0.386 e. The summed E-state index contributed by atoms with van der Waals surface area (Å²) in [5, 5.41) is 14.4. The third-order valence-electron chi connectivity index (χ3n) is 2.40. The zero-order chi connectivity index (χ0) is 10.0. The van der Waals surface area contributed by atoms with Crippen molar-refractivity contribution in [1.29, 1.82) is 0 Å². The summed E-state index contributed by atoms with van der Waals surface area (Å²) < 4.78 is 1.62. The summed E-state index contributed by atoms with van der Waals surface area (Å²) in [6.07, 6.45) is 1.95. The van der Waals surface area contributed by atoms with Gasteiger partial charge in [0.15, 0.2) is 0 Å². The van der Waals surface area contributed by atoms with Crippen LogP contribution in [0, 0.1) is 5.92 Å². The molecule has 3 nitrogen and oxygen atoms in total. The second-order valence-electron chi connectivity index (χ2n) is 3.33. The van der Waals surface area contributed by atoms with Crippen LogP contribution in [0.25, 0.3) is 0 Å². The van der Waals surface area contributed by atoms with Gasteiger partial charge in [-0.05, 0) is 5.92 Å². The van der Waals surface area contributed by atoms with Crippen LogP contribution in [0.1, 0.15) is 32.1 Å². The van der Waals surface area contributed by atoms with Crippen molar-refractivity contribution in [3.05, 3.63) is 16.9 Å². The van der Waals surface area contributed by atoms with Gasteiger partial charge in [-0.2, -0.15) is 5.10 Å². The highest BCUT2D eigenvalue weighted by Crippen LogP contribution is 2.28. The monoisotopic (exact) mass is 202 g/mol. The molecule has 4 heteroatoms. The van der Waals surface area contributed by atoms with Crippen LogP contribution in [0.4, 0.5) is 0 Å². The van der Waals surface area contributed by atoms with Crippen molar-refractivity contribution >= 4 is 11.6 Å². The molecule has 0 fully saturated rings. The Labute approximate surface area is 83.3 Å². The number of hydrogen-bond acceptors (Lipinski definition) is 2. The van der Waals surface area contributed by atoms with Gasteiger partial charge in [0.2, 0.25) is 0 Å². The predicted octanol–water partition coefficient (Wildman–Crippen LogP) is 2.15. The molecule has 0 radical (unpaired) electrons. The van der Waals surface area contributed by atoms with E-state index in [4.69, 9.17) is 11.6 Å². The van der Waals surface area contributed by atoms with Crippen molar-refractivity contribution in [3.63, 3.8) is 0 Å². The fraction of sp³-hybridized carbons (Fsp3) is 0.667. The van der Waals surface area contributed by atoms with Crippen LogP contribution in [0.3, 0.4) is 0 Å². The summed E-state index contributed by atoms with van der Waals surface area (Å²) in [7, 11) is 1.78. The molecule has 1 aromatic rings. The van der Waals surface area contributed by atoms with E-state index in [2.05, 4.69) is 5.10 Å². The predicted molar refractivity (Wildman–Crippen MR) is 52.6 cm³/mol. The van der Waals surface area contributed by atoms with Crippen molar-refractivity contribution < 1.29 is 5.11 Å². The first-order chi connectivity index (χ1) is 6.07. The van der Waals surface area contributed by atoms with Gasteiger partial charge < -0.3 is 5.11 Å². The van der Waals surface area contributed by atoms with Crippen molar-refractivity contribution in [3.8, 4) is 0 Å². The average Bonchev–Trinajstić information content (AvgIpc) is 2.44. The molecular formula is C9H15ClN2O. The van der Waals surface area contributed by atoms with Crippen LogP contribution < -0.4 is 0 Å². The molecule has 13 heavy (non-hydrogen) atoms. The number of aromatic nitrogens is 2. The minimum atomic E-state index is -0.523. The van der Waals surface area contributed by atoms with Crippen LogP contribution in [-0.2, 0) is 7.05 Å². The molecule has 0 aliphatic heterocycles. The molecule has 0 aliphatic carbocycles. The molecule has 0 spiro atoms. The first-order valence-electron chi connectivity index (χ1n) is 4.43. The van der Waals surface area contributed by atoms with Gasteiger partial charge in [0.25, 0.3) is 0 Å². The molecule has 2 unspecified atom stereocenters. The van der Waals surface area contributed by atoms with E-state index in [-0.39, 0.29) is 5.92 Å². The van der Waals surface area contributed by atoms with Gasteiger partial charge in [-0.1, -0.05) is 31.9 Å². The highest BCUT2D eigenvalue weighted by Gasteiger charge is 2.20. The zero-order valence-electron chi connectivity index (χ0n) is 8.16. The number of rotatable bonds is 3. The molecule has 0 bridgehead atoms. The highest BCUT2D eigenvalue weighted by atomic mass is 35.5. The maximum Gasteiger partial charge on any atom is 0.0996 e. The fourth-order valence-corrected chi connectivity index (χ4v) is 1.52. The quantitative estimate of drug-likeness (QED) is 0.816. The summed E-state index contributed by atoms with van der Waals surface area (Å²) in [6.45, 7) is 4.03. The topological polar surface area (TPSA) is 38.1 Å². The molecule has 1 heterocycles. The van der Waals surface area contributed by atoms with Crippen molar-refractivity contribution in [2.45, 2.75) is 26.4 Å². The van der Waals surface area contributed by atoms with Crippen LogP contribution in [0.15, 0.2) is 6.20 Å². The van der Waals surface area contributed by atoms with E-state index in [0.717, 1.165) is 6.42 Å². The van der Waals surface area contributed by atoms with E-state index < -0.39 is 6.10 Å². The summed E-state index contributed by atoms with van der Waals surface area (Å²) in [5.41, 5.74) is 0.705. The van der Waals surface area contributed by atoms with E-state index in [1.165, 1.54) is 0 Å². The van der Waals surface area contributed by atoms with E-state index in [1.54, 1.807) is 17.9 Å².